The molecule has 1 rings (SSSR count). The maximum absolute atomic E-state index is 6.01. The summed E-state index contributed by atoms with van der Waals surface area (Å²) in [6, 6.07) is 0. The second kappa shape index (κ2) is 4.04. The maximum atomic E-state index is 6.01. The summed E-state index contributed by atoms with van der Waals surface area (Å²) in [6.07, 6.45) is 2.15. The molecule has 3 N–H and O–H groups in total. The molecule has 11 heavy (non-hydrogen) atoms. The van der Waals surface area contributed by atoms with Crippen molar-refractivity contribution in [2.24, 2.45) is 5.73 Å². The smallest absolute Gasteiger partial charge is 0.0659 e. The Hall–Kier alpha value is -0.120. The topological polar surface area (TPSA) is 47.3 Å². The summed E-state index contributed by atoms with van der Waals surface area (Å²) in [4.78, 5) is 0. The molecule has 0 aromatic carbocycles. The molecular weight excluding hydrogens is 140 g/mol. The van der Waals surface area contributed by atoms with Gasteiger partial charge >= 0.3 is 0 Å². The molecule has 1 atom stereocenters. The summed E-state index contributed by atoms with van der Waals surface area (Å²) in [5.41, 5.74) is 5.92. The van der Waals surface area contributed by atoms with Crippen LogP contribution in [0.1, 0.15) is 19.8 Å². The minimum Gasteiger partial charge on any atom is -0.379 e. The number of hydrogen-bond donors (Lipinski definition) is 2. The van der Waals surface area contributed by atoms with Crippen LogP contribution >= 0.6 is 0 Å². The van der Waals surface area contributed by atoms with Crippen LogP contribution in [0.25, 0.3) is 0 Å². The molecule has 0 aromatic heterocycles. The third kappa shape index (κ3) is 2.77. The van der Waals surface area contributed by atoms with E-state index in [1.54, 1.807) is 0 Å². The van der Waals surface area contributed by atoms with Gasteiger partial charge in [0.15, 0.2) is 0 Å². The summed E-state index contributed by atoms with van der Waals surface area (Å²) in [6.45, 7) is 5.63. The zero-order valence-corrected chi connectivity index (χ0v) is 7.23. The van der Waals surface area contributed by atoms with E-state index in [1.165, 1.54) is 0 Å². The number of rotatable bonds is 4. The normalized spacial score (nSPS) is 31.1. The quantitative estimate of drug-likeness (QED) is 0.571. The van der Waals surface area contributed by atoms with Gasteiger partial charge in [-0.3, -0.25) is 0 Å². The lowest BCUT2D eigenvalue weighted by atomic mass is 10.0. The lowest BCUT2D eigenvalue weighted by Crippen LogP contribution is -2.49. The van der Waals surface area contributed by atoms with Gasteiger partial charge < -0.3 is 15.8 Å². The average molecular weight is 158 g/mol. The van der Waals surface area contributed by atoms with E-state index in [0.29, 0.717) is 6.61 Å². The highest BCUT2D eigenvalue weighted by Crippen LogP contribution is 2.13. The van der Waals surface area contributed by atoms with Crippen molar-refractivity contribution in [2.75, 3.05) is 26.3 Å². The first-order chi connectivity index (χ1) is 5.27. The predicted octanol–water partition coefficient (Wildman–Crippen LogP) is 0.104. The van der Waals surface area contributed by atoms with Crippen LogP contribution in [0, 0.1) is 0 Å². The molecule has 66 valence electrons. The van der Waals surface area contributed by atoms with Crippen molar-refractivity contribution in [1.29, 1.82) is 0 Å². The SMILES string of the molecule is CCCNCC1(N)CCOC1. The fraction of sp³-hybridized carbons (Fsp3) is 1.00. The highest BCUT2D eigenvalue weighted by atomic mass is 16.5. The second-order valence-electron chi connectivity index (χ2n) is 3.34. The van der Waals surface area contributed by atoms with Gasteiger partial charge in [0.05, 0.1) is 12.1 Å². The minimum absolute atomic E-state index is 0.0881. The fourth-order valence-electron chi connectivity index (χ4n) is 1.28. The van der Waals surface area contributed by atoms with Crippen LogP contribution in [0.5, 0.6) is 0 Å². The zero-order chi connectivity index (χ0) is 8.16. The van der Waals surface area contributed by atoms with Crippen LogP contribution in [0.4, 0.5) is 0 Å². The van der Waals surface area contributed by atoms with E-state index in [0.717, 1.165) is 32.5 Å². The molecule has 1 aliphatic heterocycles. The molecule has 0 bridgehead atoms. The highest BCUT2D eigenvalue weighted by molar-refractivity contribution is 4.89. The molecule has 0 radical (unpaired) electrons. The van der Waals surface area contributed by atoms with Crippen molar-refractivity contribution in [3.63, 3.8) is 0 Å². The van der Waals surface area contributed by atoms with Gasteiger partial charge in [0.1, 0.15) is 0 Å². The Morgan fingerprint density at radius 1 is 1.64 bits per heavy atom. The fourth-order valence-corrected chi connectivity index (χ4v) is 1.28. The van der Waals surface area contributed by atoms with E-state index in [9.17, 15) is 0 Å². The molecule has 1 fully saturated rings. The Morgan fingerprint density at radius 3 is 3.00 bits per heavy atom. The lowest BCUT2D eigenvalue weighted by molar-refractivity contribution is 0.177. The van der Waals surface area contributed by atoms with Crippen molar-refractivity contribution >= 4 is 0 Å². The first-order valence-electron chi connectivity index (χ1n) is 4.34. The molecule has 1 aliphatic rings. The first-order valence-corrected chi connectivity index (χ1v) is 4.34. The molecule has 0 spiro atoms. The summed E-state index contributed by atoms with van der Waals surface area (Å²) in [5.74, 6) is 0. The number of ether oxygens (including phenoxy) is 1. The molecule has 3 nitrogen and oxygen atoms in total. The molecule has 3 heteroatoms. The monoisotopic (exact) mass is 158 g/mol. The number of hydrogen-bond acceptors (Lipinski definition) is 3. The number of nitrogens with two attached hydrogens (primary N) is 1. The van der Waals surface area contributed by atoms with Crippen LogP contribution < -0.4 is 11.1 Å². The maximum Gasteiger partial charge on any atom is 0.0659 e. The van der Waals surface area contributed by atoms with Crippen LogP contribution in [0.15, 0.2) is 0 Å². The second-order valence-corrected chi connectivity index (χ2v) is 3.34. The van der Waals surface area contributed by atoms with Crippen molar-refractivity contribution in [3.05, 3.63) is 0 Å². The minimum atomic E-state index is -0.0881. The molecule has 1 saturated heterocycles. The third-order valence-electron chi connectivity index (χ3n) is 2.04. The number of nitrogens with one attached hydrogen (secondary N) is 1. The van der Waals surface area contributed by atoms with Gasteiger partial charge in [0.2, 0.25) is 0 Å². The van der Waals surface area contributed by atoms with Gasteiger partial charge in [-0.15, -0.1) is 0 Å². The molecule has 0 amide bonds. The van der Waals surface area contributed by atoms with Crippen LogP contribution in [-0.4, -0.2) is 31.8 Å². The first kappa shape index (κ1) is 8.97. The van der Waals surface area contributed by atoms with Gasteiger partial charge in [0, 0.05) is 13.2 Å². The zero-order valence-electron chi connectivity index (χ0n) is 7.23. The third-order valence-corrected chi connectivity index (χ3v) is 2.04. The Bertz CT molecular complexity index is 111. The van der Waals surface area contributed by atoms with Crippen molar-refractivity contribution in [3.8, 4) is 0 Å². The standard InChI is InChI=1S/C8H18N2O/c1-2-4-10-6-8(9)3-5-11-7-8/h10H,2-7,9H2,1H3. The van der Waals surface area contributed by atoms with Crippen LogP contribution in [0.3, 0.4) is 0 Å². The summed E-state index contributed by atoms with van der Waals surface area (Å²) in [7, 11) is 0. The Balaban J connectivity index is 2.13. The average Bonchev–Trinajstić information content (AvgIpc) is 2.38. The van der Waals surface area contributed by atoms with Gasteiger partial charge in [-0.1, -0.05) is 6.92 Å². The molecule has 1 heterocycles. The summed E-state index contributed by atoms with van der Waals surface area (Å²) in [5, 5.41) is 3.31. The molecule has 0 aromatic rings. The van der Waals surface area contributed by atoms with Crippen LogP contribution in [0.2, 0.25) is 0 Å². The highest BCUT2D eigenvalue weighted by Gasteiger charge is 2.29. The van der Waals surface area contributed by atoms with E-state index in [-0.39, 0.29) is 5.54 Å². The largest absolute Gasteiger partial charge is 0.379 e. The van der Waals surface area contributed by atoms with Crippen LogP contribution in [-0.2, 0) is 4.74 Å². The van der Waals surface area contributed by atoms with Crippen molar-refractivity contribution in [2.45, 2.75) is 25.3 Å². The molecule has 0 saturated carbocycles. The molecule has 1 unspecified atom stereocenters. The molecular formula is C8H18N2O. The van der Waals surface area contributed by atoms with E-state index >= 15 is 0 Å². The van der Waals surface area contributed by atoms with E-state index in [2.05, 4.69) is 12.2 Å². The van der Waals surface area contributed by atoms with E-state index in [1.807, 2.05) is 0 Å². The van der Waals surface area contributed by atoms with Crippen molar-refractivity contribution in [1.82, 2.24) is 5.32 Å². The van der Waals surface area contributed by atoms with E-state index in [4.69, 9.17) is 10.5 Å². The summed E-state index contributed by atoms with van der Waals surface area (Å²) < 4.78 is 5.23. The van der Waals surface area contributed by atoms with E-state index < -0.39 is 0 Å². The van der Waals surface area contributed by atoms with Gasteiger partial charge in [-0.05, 0) is 19.4 Å². The van der Waals surface area contributed by atoms with Gasteiger partial charge in [-0.2, -0.15) is 0 Å². The predicted molar refractivity (Wildman–Crippen MR) is 45.5 cm³/mol. The Kier molecular flexibility index (Phi) is 3.30. The van der Waals surface area contributed by atoms with Gasteiger partial charge in [-0.25, -0.2) is 0 Å². The molecule has 0 aliphatic carbocycles. The lowest BCUT2D eigenvalue weighted by Gasteiger charge is -2.21. The van der Waals surface area contributed by atoms with Crippen molar-refractivity contribution < 1.29 is 4.74 Å². The Labute approximate surface area is 68.3 Å². The summed E-state index contributed by atoms with van der Waals surface area (Å²) >= 11 is 0. The van der Waals surface area contributed by atoms with Gasteiger partial charge in [0.25, 0.3) is 0 Å². The Morgan fingerprint density at radius 2 is 2.45 bits per heavy atom.